The van der Waals surface area contributed by atoms with Gasteiger partial charge in [0.2, 0.25) is 0 Å². The first-order chi connectivity index (χ1) is 14.2. The molecule has 0 unspecified atom stereocenters. The Morgan fingerprint density at radius 1 is 1.07 bits per heavy atom. The van der Waals surface area contributed by atoms with E-state index in [4.69, 9.17) is 4.74 Å². The molecule has 29 heavy (non-hydrogen) atoms. The Balaban J connectivity index is 1.40. The Kier molecular flexibility index (Phi) is 6.07. The highest BCUT2D eigenvalue weighted by molar-refractivity contribution is 5.97. The van der Waals surface area contributed by atoms with Crippen LogP contribution in [0.15, 0.2) is 53.3 Å². The Hall–Kier alpha value is -2.90. The lowest BCUT2D eigenvalue weighted by atomic mass is 10.1. The molecule has 3 aromatic rings. The molecule has 152 valence electrons. The molecule has 2 N–H and O–H groups in total. The average molecular weight is 394 g/mol. The molecule has 0 aliphatic carbocycles. The van der Waals surface area contributed by atoms with Crippen molar-refractivity contribution in [1.82, 2.24) is 19.8 Å². The molecule has 2 heterocycles. The summed E-state index contributed by atoms with van der Waals surface area (Å²) in [5.74, 6) is -0.127. The monoisotopic (exact) mass is 394 g/mol. The minimum atomic E-state index is -0.152. The number of fused-ring (bicyclic) bond motifs is 1. The molecule has 1 saturated heterocycles. The lowest BCUT2D eigenvalue weighted by molar-refractivity contribution is 0.0383. The van der Waals surface area contributed by atoms with E-state index in [0.717, 1.165) is 44.8 Å². The van der Waals surface area contributed by atoms with Crippen molar-refractivity contribution in [2.24, 2.45) is 0 Å². The number of aromatic nitrogens is 2. The molecule has 1 aliphatic rings. The van der Waals surface area contributed by atoms with Crippen LogP contribution in [-0.2, 0) is 17.7 Å². The van der Waals surface area contributed by atoms with Crippen LogP contribution in [0.4, 0.5) is 0 Å². The van der Waals surface area contributed by atoms with E-state index in [1.807, 2.05) is 24.3 Å². The van der Waals surface area contributed by atoms with Gasteiger partial charge in [-0.15, -0.1) is 0 Å². The zero-order chi connectivity index (χ0) is 20.1. The number of H-pyrrole nitrogens is 1. The highest BCUT2D eigenvalue weighted by atomic mass is 16.5. The Morgan fingerprint density at radius 3 is 2.66 bits per heavy atom. The predicted molar refractivity (Wildman–Crippen MR) is 112 cm³/mol. The summed E-state index contributed by atoms with van der Waals surface area (Å²) in [5, 5.41) is 2.96. The molecule has 7 heteroatoms. The van der Waals surface area contributed by atoms with Gasteiger partial charge in [0.05, 0.1) is 24.2 Å². The molecule has 1 fully saturated rings. The number of imidazole rings is 1. The summed E-state index contributed by atoms with van der Waals surface area (Å²) in [5.41, 5.74) is 3.08. The van der Waals surface area contributed by atoms with Crippen molar-refractivity contribution in [3.05, 3.63) is 70.1 Å². The van der Waals surface area contributed by atoms with Gasteiger partial charge in [-0.2, -0.15) is 0 Å². The van der Waals surface area contributed by atoms with E-state index >= 15 is 0 Å². The van der Waals surface area contributed by atoms with Gasteiger partial charge in [-0.3, -0.25) is 14.3 Å². The topological polar surface area (TPSA) is 79.4 Å². The first-order valence-corrected chi connectivity index (χ1v) is 10.1. The number of aryl methyl sites for hydroxylation is 2. The Labute approximate surface area is 169 Å². The number of hydrogen-bond acceptors (Lipinski definition) is 4. The van der Waals surface area contributed by atoms with Gasteiger partial charge in [-0.1, -0.05) is 30.3 Å². The third-order valence-electron chi connectivity index (χ3n) is 5.32. The molecule has 0 atom stereocenters. The maximum absolute atomic E-state index is 12.5. The van der Waals surface area contributed by atoms with Crippen LogP contribution in [0.3, 0.4) is 0 Å². The average Bonchev–Trinajstić information content (AvgIpc) is 3.07. The zero-order valence-electron chi connectivity index (χ0n) is 16.4. The third-order valence-corrected chi connectivity index (χ3v) is 5.32. The molecule has 4 rings (SSSR count). The minimum Gasteiger partial charge on any atom is -0.379 e. The highest BCUT2D eigenvalue weighted by Crippen LogP contribution is 2.14. The fourth-order valence-electron chi connectivity index (χ4n) is 3.67. The molecule has 1 aliphatic heterocycles. The SMILES string of the molecule is O=C(NCCN1CCOCC1)c1ccc2c(c1)[nH]c(=O)n2CCc1ccccc1. The molecule has 0 saturated carbocycles. The van der Waals surface area contributed by atoms with E-state index in [2.05, 4.69) is 27.3 Å². The number of carbonyl (C=O) groups excluding carboxylic acids is 1. The van der Waals surface area contributed by atoms with Gasteiger partial charge < -0.3 is 15.0 Å². The van der Waals surface area contributed by atoms with Gasteiger partial charge in [-0.25, -0.2) is 4.79 Å². The molecule has 0 spiro atoms. The number of carbonyl (C=O) groups is 1. The van der Waals surface area contributed by atoms with Gasteiger partial charge in [0, 0.05) is 38.3 Å². The fraction of sp³-hybridized carbons (Fsp3) is 0.364. The largest absolute Gasteiger partial charge is 0.379 e. The maximum Gasteiger partial charge on any atom is 0.326 e. The first kappa shape index (κ1) is 19.4. The third kappa shape index (κ3) is 4.75. The number of benzene rings is 2. The fourth-order valence-corrected chi connectivity index (χ4v) is 3.67. The van der Waals surface area contributed by atoms with Crippen molar-refractivity contribution in [2.75, 3.05) is 39.4 Å². The minimum absolute atomic E-state index is 0.127. The van der Waals surface area contributed by atoms with Crippen LogP contribution in [0.1, 0.15) is 15.9 Å². The smallest absolute Gasteiger partial charge is 0.326 e. The van der Waals surface area contributed by atoms with E-state index in [9.17, 15) is 9.59 Å². The molecule has 2 aromatic carbocycles. The van der Waals surface area contributed by atoms with Gasteiger partial charge >= 0.3 is 5.69 Å². The second-order valence-corrected chi connectivity index (χ2v) is 7.26. The zero-order valence-corrected chi connectivity index (χ0v) is 16.4. The van der Waals surface area contributed by atoms with Crippen LogP contribution < -0.4 is 11.0 Å². The van der Waals surface area contributed by atoms with E-state index in [1.165, 1.54) is 5.56 Å². The van der Waals surface area contributed by atoms with Crippen molar-refractivity contribution in [1.29, 1.82) is 0 Å². The van der Waals surface area contributed by atoms with E-state index in [1.54, 1.807) is 16.7 Å². The number of nitrogens with one attached hydrogen (secondary N) is 2. The summed E-state index contributed by atoms with van der Waals surface area (Å²) in [4.78, 5) is 30.0. The van der Waals surface area contributed by atoms with Crippen LogP contribution in [0.2, 0.25) is 0 Å². The molecular formula is C22H26N4O3. The van der Waals surface area contributed by atoms with E-state index in [-0.39, 0.29) is 11.6 Å². The quantitative estimate of drug-likeness (QED) is 0.639. The second kappa shape index (κ2) is 9.07. The number of ether oxygens (including phenoxy) is 1. The summed E-state index contributed by atoms with van der Waals surface area (Å²) in [6, 6.07) is 15.5. The first-order valence-electron chi connectivity index (χ1n) is 10.1. The van der Waals surface area contributed by atoms with Crippen LogP contribution in [0.25, 0.3) is 11.0 Å². The van der Waals surface area contributed by atoms with Crippen LogP contribution >= 0.6 is 0 Å². The summed E-state index contributed by atoms with van der Waals surface area (Å²) >= 11 is 0. The van der Waals surface area contributed by atoms with Gasteiger partial charge in [-0.05, 0) is 30.2 Å². The standard InChI is InChI=1S/C22H26N4O3/c27-21(23-9-11-25-12-14-29-15-13-25)18-6-7-20-19(16-18)24-22(28)26(20)10-8-17-4-2-1-3-5-17/h1-7,16H,8-15H2,(H,23,27)(H,24,28). The van der Waals surface area contributed by atoms with E-state index in [0.29, 0.717) is 24.2 Å². The number of amides is 1. The number of morpholine rings is 1. The Morgan fingerprint density at radius 2 is 1.86 bits per heavy atom. The summed E-state index contributed by atoms with van der Waals surface area (Å²) < 4.78 is 7.06. The number of nitrogens with zero attached hydrogens (tertiary/aromatic N) is 2. The van der Waals surface area contributed by atoms with Crippen molar-refractivity contribution >= 4 is 16.9 Å². The van der Waals surface area contributed by atoms with Crippen LogP contribution in [0.5, 0.6) is 0 Å². The van der Waals surface area contributed by atoms with Crippen LogP contribution in [-0.4, -0.2) is 59.8 Å². The number of aromatic amines is 1. The summed E-state index contributed by atoms with van der Waals surface area (Å²) in [6.45, 7) is 5.29. The predicted octanol–water partition coefficient (Wildman–Crippen LogP) is 1.63. The lowest BCUT2D eigenvalue weighted by Crippen LogP contribution is -2.41. The van der Waals surface area contributed by atoms with Crippen molar-refractivity contribution < 1.29 is 9.53 Å². The molecule has 0 radical (unpaired) electrons. The summed E-state index contributed by atoms with van der Waals surface area (Å²) in [7, 11) is 0. The van der Waals surface area contributed by atoms with Crippen molar-refractivity contribution in [3.63, 3.8) is 0 Å². The molecule has 1 amide bonds. The van der Waals surface area contributed by atoms with E-state index < -0.39 is 0 Å². The van der Waals surface area contributed by atoms with Gasteiger partial charge in [0.15, 0.2) is 0 Å². The second-order valence-electron chi connectivity index (χ2n) is 7.26. The molecule has 7 nitrogen and oxygen atoms in total. The molecular weight excluding hydrogens is 368 g/mol. The summed E-state index contributed by atoms with van der Waals surface area (Å²) in [6.07, 6.45) is 0.775. The van der Waals surface area contributed by atoms with Crippen molar-refractivity contribution in [3.8, 4) is 0 Å². The maximum atomic E-state index is 12.5. The number of rotatable bonds is 7. The number of hydrogen-bond donors (Lipinski definition) is 2. The molecule has 1 aromatic heterocycles. The molecule has 0 bridgehead atoms. The van der Waals surface area contributed by atoms with Gasteiger partial charge in [0.1, 0.15) is 0 Å². The normalized spacial score (nSPS) is 14.9. The Bertz CT molecular complexity index is 1020. The van der Waals surface area contributed by atoms with Gasteiger partial charge in [0.25, 0.3) is 5.91 Å². The van der Waals surface area contributed by atoms with Crippen molar-refractivity contribution in [2.45, 2.75) is 13.0 Å². The lowest BCUT2D eigenvalue weighted by Gasteiger charge is -2.26. The van der Waals surface area contributed by atoms with Crippen LogP contribution in [0, 0.1) is 0 Å². The highest BCUT2D eigenvalue weighted by Gasteiger charge is 2.13.